The maximum atomic E-state index is 12.2. The van der Waals surface area contributed by atoms with Gasteiger partial charge in [-0.3, -0.25) is 9.59 Å². The van der Waals surface area contributed by atoms with E-state index in [9.17, 15) is 19.8 Å². The van der Waals surface area contributed by atoms with Crippen LogP contribution in [-0.4, -0.2) is 22.2 Å². The second-order valence-electron chi connectivity index (χ2n) is 7.79. The summed E-state index contributed by atoms with van der Waals surface area (Å²) in [4.78, 5) is 24.0. The summed E-state index contributed by atoms with van der Waals surface area (Å²) in [6.07, 6.45) is 3.86. The molecule has 2 N–H and O–H groups in total. The Morgan fingerprint density at radius 3 is 1.91 bits per heavy atom. The lowest BCUT2D eigenvalue weighted by Gasteiger charge is -2.42. The van der Waals surface area contributed by atoms with Crippen LogP contribution < -0.4 is 0 Å². The van der Waals surface area contributed by atoms with Crippen LogP contribution in [0.5, 0.6) is 0 Å². The van der Waals surface area contributed by atoms with Gasteiger partial charge < -0.3 is 10.2 Å². The average Bonchev–Trinajstić information content (AvgIpc) is 2.34. The van der Waals surface area contributed by atoms with E-state index in [1.807, 2.05) is 20.8 Å². The molecule has 4 heteroatoms. The Labute approximate surface area is 135 Å². The Morgan fingerprint density at radius 2 is 1.59 bits per heavy atom. The fraction of sp³-hybridized carbons (Fsp3) is 0.889. The van der Waals surface area contributed by atoms with Crippen LogP contribution >= 0.6 is 0 Å². The van der Waals surface area contributed by atoms with Gasteiger partial charge in [-0.05, 0) is 30.6 Å². The smallest absolute Gasteiger partial charge is 0.310 e. The van der Waals surface area contributed by atoms with Crippen molar-refractivity contribution in [2.24, 2.45) is 22.7 Å². The SMILES string of the molecule is CCCCC(C(=O)O)C(CCC)(C(=O)O)C(C)CC(C)(C)C. The summed E-state index contributed by atoms with van der Waals surface area (Å²) in [5.41, 5.74) is -1.20. The molecule has 4 nitrogen and oxygen atoms in total. The first kappa shape index (κ1) is 20.9. The monoisotopic (exact) mass is 314 g/mol. The highest BCUT2D eigenvalue weighted by Crippen LogP contribution is 2.47. The Kier molecular flexibility index (Phi) is 8.13. The highest BCUT2D eigenvalue weighted by Gasteiger charge is 2.52. The predicted octanol–water partition coefficient (Wildman–Crippen LogP) is 4.82. The summed E-state index contributed by atoms with van der Waals surface area (Å²) in [6, 6.07) is 0. The summed E-state index contributed by atoms with van der Waals surface area (Å²) in [5, 5.41) is 19.7. The number of carboxylic acid groups (broad SMARTS) is 2. The molecule has 0 aromatic heterocycles. The van der Waals surface area contributed by atoms with Crippen LogP contribution in [0.4, 0.5) is 0 Å². The van der Waals surface area contributed by atoms with E-state index in [1.54, 1.807) is 0 Å². The van der Waals surface area contributed by atoms with E-state index in [1.165, 1.54) is 0 Å². The van der Waals surface area contributed by atoms with E-state index >= 15 is 0 Å². The third-order valence-corrected chi connectivity index (χ3v) is 4.63. The van der Waals surface area contributed by atoms with E-state index in [0.717, 1.165) is 12.8 Å². The fourth-order valence-electron chi connectivity index (χ4n) is 3.75. The normalized spacial score (nSPS) is 17.5. The minimum absolute atomic E-state index is 0.0261. The summed E-state index contributed by atoms with van der Waals surface area (Å²) >= 11 is 0. The van der Waals surface area contributed by atoms with Gasteiger partial charge in [-0.2, -0.15) is 0 Å². The third-order valence-electron chi connectivity index (χ3n) is 4.63. The van der Waals surface area contributed by atoms with Gasteiger partial charge in [-0.15, -0.1) is 0 Å². The molecule has 130 valence electrons. The Hall–Kier alpha value is -1.06. The van der Waals surface area contributed by atoms with Crippen LogP contribution in [0.15, 0.2) is 0 Å². The molecule has 0 bridgehead atoms. The van der Waals surface area contributed by atoms with E-state index in [0.29, 0.717) is 25.7 Å². The summed E-state index contributed by atoms with van der Waals surface area (Å²) < 4.78 is 0. The molecule has 0 aromatic carbocycles. The number of hydrogen-bond acceptors (Lipinski definition) is 2. The van der Waals surface area contributed by atoms with Crippen molar-refractivity contribution >= 4 is 11.9 Å². The lowest BCUT2D eigenvalue weighted by atomic mass is 9.60. The number of unbranched alkanes of at least 4 members (excludes halogenated alkanes) is 1. The molecule has 0 heterocycles. The van der Waals surface area contributed by atoms with Crippen LogP contribution in [0.2, 0.25) is 0 Å². The molecule has 0 aromatic rings. The third kappa shape index (κ3) is 5.29. The molecule has 0 fully saturated rings. The van der Waals surface area contributed by atoms with Gasteiger partial charge in [0.1, 0.15) is 0 Å². The largest absolute Gasteiger partial charge is 0.481 e. The van der Waals surface area contributed by atoms with Crippen LogP contribution in [0.25, 0.3) is 0 Å². The number of carboxylic acids is 2. The van der Waals surface area contributed by atoms with Gasteiger partial charge in [-0.1, -0.05) is 60.8 Å². The number of carbonyl (C=O) groups is 2. The first-order valence-electron chi connectivity index (χ1n) is 8.49. The fourth-order valence-corrected chi connectivity index (χ4v) is 3.75. The van der Waals surface area contributed by atoms with Crippen molar-refractivity contribution in [2.45, 2.75) is 80.1 Å². The highest BCUT2D eigenvalue weighted by molar-refractivity contribution is 5.83. The molecule has 0 saturated heterocycles. The van der Waals surface area contributed by atoms with Crippen LogP contribution in [-0.2, 0) is 9.59 Å². The minimum atomic E-state index is -1.18. The Morgan fingerprint density at radius 1 is 1.05 bits per heavy atom. The zero-order valence-electron chi connectivity index (χ0n) is 15.1. The van der Waals surface area contributed by atoms with E-state index in [4.69, 9.17) is 0 Å². The molecule has 22 heavy (non-hydrogen) atoms. The predicted molar refractivity (Wildman–Crippen MR) is 88.9 cm³/mol. The van der Waals surface area contributed by atoms with Gasteiger partial charge >= 0.3 is 11.9 Å². The molecule has 3 unspecified atom stereocenters. The molecule has 0 aliphatic heterocycles. The molecule has 0 rings (SSSR count). The number of hydrogen-bond donors (Lipinski definition) is 2. The lowest BCUT2D eigenvalue weighted by Crippen LogP contribution is -2.48. The number of rotatable bonds is 10. The van der Waals surface area contributed by atoms with Crippen molar-refractivity contribution in [3.05, 3.63) is 0 Å². The van der Waals surface area contributed by atoms with E-state index < -0.39 is 23.3 Å². The van der Waals surface area contributed by atoms with Crippen molar-refractivity contribution in [3.63, 3.8) is 0 Å². The first-order valence-corrected chi connectivity index (χ1v) is 8.49. The van der Waals surface area contributed by atoms with E-state index in [-0.39, 0.29) is 11.3 Å². The molecule has 0 aliphatic rings. The maximum absolute atomic E-state index is 12.2. The average molecular weight is 314 g/mol. The van der Waals surface area contributed by atoms with Gasteiger partial charge in [0.05, 0.1) is 11.3 Å². The van der Waals surface area contributed by atoms with Crippen LogP contribution in [0, 0.1) is 22.7 Å². The maximum Gasteiger partial charge on any atom is 0.310 e. The highest BCUT2D eigenvalue weighted by atomic mass is 16.4. The van der Waals surface area contributed by atoms with Crippen molar-refractivity contribution in [3.8, 4) is 0 Å². The zero-order chi connectivity index (χ0) is 17.6. The summed E-state index contributed by atoms with van der Waals surface area (Å²) in [7, 11) is 0. The van der Waals surface area contributed by atoms with Gasteiger partial charge in [0.25, 0.3) is 0 Å². The standard InChI is InChI=1S/C18H34O4/c1-7-9-10-14(15(19)20)18(11-8-2,16(21)22)13(3)12-17(4,5)6/h13-14H,7-12H2,1-6H3,(H,19,20)(H,21,22). The molecule has 0 spiro atoms. The summed E-state index contributed by atoms with van der Waals surface area (Å²) in [5.74, 6) is -2.91. The van der Waals surface area contributed by atoms with Crippen molar-refractivity contribution in [1.29, 1.82) is 0 Å². The van der Waals surface area contributed by atoms with Gasteiger partial charge in [0.2, 0.25) is 0 Å². The molecular formula is C18H34O4. The van der Waals surface area contributed by atoms with E-state index in [2.05, 4.69) is 20.8 Å². The molecule has 0 aliphatic carbocycles. The quantitative estimate of drug-likeness (QED) is 0.606. The molecule has 0 amide bonds. The minimum Gasteiger partial charge on any atom is -0.481 e. The molecular weight excluding hydrogens is 280 g/mol. The van der Waals surface area contributed by atoms with Gasteiger partial charge in [0.15, 0.2) is 0 Å². The number of aliphatic carboxylic acids is 2. The topological polar surface area (TPSA) is 74.6 Å². The zero-order valence-corrected chi connectivity index (χ0v) is 15.1. The van der Waals surface area contributed by atoms with Gasteiger partial charge in [0, 0.05) is 0 Å². The molecule has 3 atom stereocenters. The Balaban J connectivity index is 5.81. The van der Waals surface area contributed by atoms with Crippen molar-refractivity contribution in [2.75, 3.05) is 0 Å². The van der Waals surface area contributed by atoms with Crippen LogP contribution in [0.1, 0.15) is 80.1 Å². The first-order chi connectivity index (χ1) is 10.0. The summed E-state index contributed by atoms with van der Waals surface area (Å²) in [6.45, 7) is 12.1. The molecule has 0 radical (unpaired) electrons. The van der Waals surface area contributed by atoms with Crippen molar-refractivity contribution in [1.82, 2.24) is 0 Å². The lowest BCUT2D eigenvalue weighted by molar-refractivity contribution is -0.169. The second kappa shape index (κ2) is 8.54. The van der Waals surface area contributed by atoms with Gasteiger partial charge in [-0.25, -0.2) is 0 Å². The second-order valence-corrected chi connectivity index (χ2v) is 7.79. The Bertz CT molecular complexity index is 370. The molecule has 0 saturated carbocycles. The van der Waals surface area contributed by atoms with Crippen molar-refractivity contribution < 1.29 is 19.8 Å². The van der Waals surface area contributed by atoms with Crippen LogP contribution in [0.3, 0.4) is 0 Å².